The molecule has 2 aromatic carbocycles. The van der Waals surface area contributed by atoms with Crippen LogP contribution in [0.4, 0.5) is 0 Å². The second kappa shape index (κ2) is 9.01. The van der Waals surface area contributed by atoms with E-state index in [0.717, 1.165) is 5.56 Å². The van der Waals surface area contributed by atoms with Crippen molar-refractivity contribution in [1.29, 1.82) is 0 Å². The molecule has 27 heavy (non-hydrogen) atoms. The number of rotatable bonds is 8. The van der Waals surface area contributed by atoms with Gasteiger partial charge in [-0.1, -0.05) is 44.2 Å². The molecule has 0 aliphatic heterocycles. The van der Waals surface area contributed by atoms with Crippen molar-refractivity contribution in [1.82, 2.24) is 9.62 Å². The molecule has 0 aliphatic rings. The lowest BCUT2D eigenvalue weighted by molar-refractivity contribution is 0.0948. The molecule has 7 heteroatoms. The molecule has 0 spiro atoms. The Hall–Kier alpha value is -2.38. The van der Waals surface area contributed by atoms with Gasteiger partial charge in [-0.2, -0.15) is 4.31 Å². The van der Waals surface area contributed by atoms with Crippen LogP contribution >= 0.6 is 0 Å². The van der Waals surface area contributed by atoms with Gasteiger partial charge < -0.3 is 10.1 Å². The second-order valence-corrected chi connectivity index (χ2v) is 8.73. The fourth-order valence-corrected chi connectivity index (χ4v) is 3.85. The van der Waals surface area contributed by atoms with Gasteiger partial charge in [0.05, 0.1) is 7.11 Å². The van der Waals surface area contributed by atoms with Gasteiger partial charge in [0.15, 0.2) is 0 Å². The number of amides is 1. The van der Waals surface area contributed by atoms with Crippen LogP contribution in [-0.2, 0) is 16.6 Å². The monoisotopic (exact) mass is 390 g/mol. The topological polar surface area (TPSA) is 75.7 Å². The summed E-state index contributed by atoms with van der Waals surface area (Å²) >= 11 is 0. The first kappa shape index (κ1) is 20.9. The summed E-state index contributed by atoms with van der Waals surface area (Å²) < 4.78 is 32.6. The minimum absolute atomic E-state index is 0.0272. The van der Waals surface area contributed by atoms with E-state index < -0.39 is 10.0 Å². The third-order valence-electron chi connectivity index (χ3n) is 4.03. The van der Waals surface area contributed by atoms with Crippen molar-refractivity contribution in [2.24, 2.45) is 5.92 Å². The molecule has 0 heterocycles. The summed E-state index contributed by atoms with van der Waals surface area (Å²) in [7, 11) is -0.925. The van der Waals surface area contributed by atoms with E-state index in [9.17, 15) is 13.2 Å². The summed E-state index contributed by atoms with van der Waals surface area (Å²) in [4.78, 5) is 12.3. The van der Waals surface area contributed by atoms with Crippen molar-refractivity contribution in [2.45, 2.75) is 25.3 Å². The van der Waals surface area contributed by atoms with Crippen molar-refractivity contribution in [3.63, 3.8) is 0 Å². The fraction of sp³-hybridized carbons (Fsp3) is 0.350. The lowest BCUT2D eigenvalue weighted by atomic mass is 10.2. The number of nitrogens with zero attached hydrogens (tertiary/aromatic N) is 1. The first-order valence-electron chi connectivity index (χ1n) is 8.72. The van der Waals surface area contributed by atoms with Gasteiger partial charge >= 0.3 is 0 Å². The van der Waals surface area contributed by atoms with Crippen LogP contribution in [0.15, 0.2) is 53.4 Å². The molecule has 0 bridgehead atoms. The number of methoxy groups -OCH3 is 1. The smallest absolute Gasteiger partial charge is 0.251 e. The fourth-order valence-electron chi connectivity index (χ4n) is 2.51. The van der Waals surface area contributed by atoms with Gasteiger partial charge in [0.25, 0.3) is 5.91 Å². The van der Waals surface area contributed by atoms with Crippen molar-refractivity contribution >= 4 is 15.9 Å². The number of carbonyl (C=O) groups excluding carboxylic acids is 1. The van der Waals surface area contributed by atoms with Gasteiger partial charge in [0.1, 0.15) is 10.6 Å². The summed E-state index contributed by atoms with van der Waals surface area (Å²) in [6.45, 7) is 4.71. The van der Waals surface area contributed by atoms with Gasteiger partial charge in [-0.05, 0) is 29.7 Å². The summed E-state index contributed by atoms with van der Waals surface area (Å²) in [6.07, 6.45) is 0. The highest BCUT2D eigenvalue weighted by Crippen LogP contribution is 2.28. The maximum absolute atomic E-state index is 13.1. The van der Waals surface area contributed by atoms with E-state index in [-0.39, 0.29) is 28.7 Å². The van der Waals surface area contributed by atoms with E-state index >= 15 is 0 Å². The van der Waals surface area contributed by atoms with Gasteiger partial charge in [-0.3, -0.25) is 4.79 Å². The molecule has 1 N–H and O–H groups in total. The zero-order chi connectivity index (χ0) is 20.0. The molecule has 0 saturated carbocycles. The van der Waals surface area contributed by atoms with Gasteiger partial charge in [0.2, 0.25) is 10.0 Å². The molecule has 0 aromatic heterocycles. The number of carbonyl (C=O) groups is 1. The standard InChI is InChI=1S/C20H26N2O4S/c1-15(2)13-21-20(23)17-10-11-18(26-4)19(12-17)27(24,25)22(3)14-16-8-6-5-7-9-16/h5-12,15H,13-14H2,1-4H3,(H,21,23). The van der Waals surface area contributed by atoms with E-state index in [4.69, 9.17) is 4.74 Å². The Kier molecular flexibility index (Phi) is 6.98. The van der Waals surface area contributed by atoms with E-state index in [0.29, 0.717) is 12.5 Å². The predicted octanol–water partition coefficient (Wildman–Crippen LogP) is 2.90. The first-order chi connectivity index (χ1) is 12.8. The summed E-state index contributed by atoms with van der Waals surface area (Å²) in [6, 6.07) is 13.7. The van der Waals surface area contributed by atoms with Crippen LogP contribution in [0.2, 0.25) is 0 Å². The van der Waals surface area contributed by atoms with Crippen LogP contribution in [0, 0.1) is 5.92 Å². The van der Waals surface area contributed by atoms with Crippen molar-refractivity contribution in [3.05, 3.63) is 59.7 Å². The normalized spacial score (nSPS) is 11.6. The van der Waals surface area contributed by atoms with E-state index in [2.05, 4.69) is 5.32 Å². The molecule has 0 radical (unpaired) electrons. The van der Waals surface area contributed by atoms with Crippen molar-refractivity contribution in [2.75, 3.05) is 20.7 Å². The van der Waals surface area contributed by atoms with Crippen LogP contribution in [0.5, 0.6) is 5.75 Å². The Labute approximate surface area is 161 Å². The Balaban J connectivity index is 2.33. The minimum atomic E-state index is -3.84. The van der Waals surface area contributed by atoms with Crippen LogP contribution in [0.1, 0.15) is 29.8 Å². The number of hydrogen-bond donors (Lipinski definition) is 1. The first-order valence-corrected chi connectivity index (χ1v) is 10.2. The van der Waals surface area contributed by atoms with E-state index in [1.165, 1.54) is 30.6 Å². The SMILES string of the molecule is COc1ccc(C(=O)NCC(C)C)cc1S(=O)(=O)N(C)Cc1ccccc1. The number of nitrogens with one attached hydrogen (secondary N) is 1. The second-order valence-electron chi connectivity index (χ2n) is 6.72. The maximum Gasteiger partial charge on any atom is 0.251 e. The largest absolute Gasteiger partial charge is 0.495 e. The minimum Gasteiger partial charge on any atom is -0.495 e. The van der Waals surface area contributed by atoms with Crippen LogP contribution in [0.25, 0.3) is 0 Å². The Bertz CT molecular complexity index is 880. The Morgan fingerprint density at radius 1 is 1.15 bits per heavy atom. The van der Waals surface area contributed by atoms with Crippen molar-refractivity contribution in [3.8, 4) is 5.75 Å². The molecule has 0 fully saturated rings. The predicted molar refractivity (Wildman–Crippen MR) is 105 cm³/mol. The molecular weight excluding hydrogens is 364 g/mol. The molecule has 2 aromatic rings. The zero-order valence-corrected chi connectivity index (χ0v) is 16.9. The lowest BCUT2D eigenvalue weighted by Crippen LogP contribution is -2.29. The highest BCUT2D eigenvalue weighted by molar-refractivity contribution is 7.89. The highest BCUT2D eigenvalue weighted by Gasteiger charge is 2.26. The maximum atomic E-state index is 13.1. The lowest BCUT2D eigenvalue weighted by Gasteiger charge is -2.19. The van der Waals surface area contributed by atoms with Gasteiger partial charge in [-0.25, -0.2) is 8.42 Å². The zero-order valence-electron chi connectivity index (χ0n) is 16.1. The molecular formula is C20H26N2O4S. The van der Waals surface area contributed by atoms with E-state index in [1.807, 2.05) is 44.2 Å². The Morgan fingerprint density at radius 2 is 1.81 bits per heavy atom. The molecule has 146 valence electrons. The third-order valence-corrected chi connectivity index (χ3v) is 5.86. The average Bonchev–Trinajstić information content (AvgIpc) is 2.66. The molecule has 6 nitrogen and oxygen atoms in total. The number of sulfonamides is 1. The molecule has 0 saturated heterocycles. The van der Waals surface area contributed by atoms with E-state index in [1.54, 1.807) is 6.07 Å². The molecule has 1 amide bonds. The van der Waals surface area contributed by atoms with Crippen LogP contribution < -0.4 is 10.1 Å². The molecule has 2 rings (SSSR count). The average molecular weight is 391 g/mol. The van der Waals surface area contributed by atoms with Crippen LogP contribution in [-0.4, -0.2) is 39.3 Å². The summed E-state index contributed by atoms with van der Waals surface area (Å²) in [5.74, 6) is 0.191. The summed E-state index contributed by atoms with van der Waals surface area (Å²) in [5.41, 5.74) is 1.15. The number of ether oxygens (including phenoxy) is 1. The third kappa shape index (κ3) is 5.30. The summed E-state index contributed by atoms with van der Waals surface area (Å²) in [5, 5.41) is 2.80. The van der Waals surface area contributed by atoms with Gasteiger partial charge in [-0.15, -0.1) is 0 Å². The molecule has 0 atom stereocenters. The quantitative estimate of drug-likeness (QED) is 0.752. The van der Waals surface area contributed by atoms with Crippen molar-refractivity contribution < 1.29 is 17.9 Å². The highest BCUT2D eigenvalue weighted by atomic mass is 32.2. The van der Waals surface area contributed by atoms with Gasteiger partial charge in [0, 0.05) is 25.7 Å². The molecule has 0 aliphatic carbocycles. The Morgan fingerprint density at radius 3 is 2.41 bits per heavy atom. The van der Waals surface area contributed by atoms with Crippen LogP contribution in [0.3, 0.4) is 0 Å². The number of hydrogen-bond acceptors (Lipinski definition) is 4. The number of benzene rings is 2. The molecule has 0 unspecified atom stereocenters.